The van der Waals surface area contributed by atoms with E-state index in [1.165, 1.54) is 5.56 Å². The van der Waals surface area contributed by atoms with E-state index in [1.54, 1.807) is 0 Å². The third kappa shape index (κ3) is 4.25. The van der Waals surface area contributed by atoms with E-state index in [0.29, 0.717) is 18.9 Å². The van der Waals surface area contributed by atoms with Crippen LogP contribution < -0.4 is 10.1 Å². The number of amides is 1. The van der Waals surface area contributed by atoms with E-state index in [9.17, 15) is 4.79 Å². The van der Waals surface area contributed by atoms with Crippen LogP contribution >= 0.6 is 0 Å². The van der Waals surface area contributed by atoms with Crippen LogP contribution in [0.2, 0.25) is 0 Å². The smallest absolute Gasteiger partial charge is 0.222 e. The van der Waals surface area contributed by atoms with Crippen LogP contribution in [0.15, 0.2) is 24.3 Å². The number of carbonyl (C=O) groups is 1. The fourth-order valence-electron chi connectivity index (χ4n) is 3.80. The van der Waals surface area contributed by atoms with Gasteiger partial charge in [-0.25, -0.2) is 0 Å². The van der Waals surface area contributed by atoms with Gasteiger partial charge in [0, 0.05) is 19.5 Å². The second-order valence-corrected chi connectivity index (χ2v) is 6.71. The molecule has 2 aliphatic heterocycles. The summed E-state index contributed by atoms with van der Waals surface area (Å²) in [4.78, 5) is 14.6. The van der Waals surface area contributed by atoms with Crippen molar-refractivity contribution in [3.63, 3.8) is 0 Å². The van der Waals surface area contributed by atoms with Gasteiger partial charge < -0.3 is 15.0 Å². The molecule has 126 valence electrons. The SMILES string of the molecule is CCOc1ccc(CCC(=O)N2CC[C@@H]3CNC[C@@H]3CC2)cc1. The molecule has 2 saturated heterocycles. The number of nitrogens with zero attached hydrogens (tertiary/aromatic N) is 1. The molecule has 2 fully saturated rings. The zero-order chi connectivity index (χ0) is 16.1. The topological polar surface area (TPSA) is 41.6 Å². The minimum atomic E-state index is 0.312. The maximum absolute atomic E-state index is 12.5. The van der Waals surface area contributed by atoms with Gasteiger partial charge >= 0.3 is 0 Å². The first kappa shape index (κ1) is 16.3. The highest BCUT2D eigenvalue weighted by Gasteiger charge is 2.31. The van der Waals surface area contributed by atoms with E-state index < -0.39 is 0 Å². The summed E-state index contributed by atoms with van der Waals surface area (Å²) >= 11 is 0. The molecule has 0 aliphatic carbocycles. The lowest BCUT2D eigenvalue weighted by Crippen LogP contribution is -2.32. The summed E-state index contributed by atoms with van der Waals surface area (Å²) in [5.41, 5.74) is 1.21. The minimum Gasteiger partial charge on any atom is -0.494 e. The number of aryl methyl sites for hydroxylation is 1. The number of carbonyl (C=O) groups excluding carboxylic acids is 1. The van der Waals surface area contributed by atoms with Gasteiger partial charge in [0.05, 0.1) is 6.61 Å². The summed E-state index contributed by atoms with van der Waals surface area (Å²) < 4.78 is 5.45. The van der Waals surface area contributed by atoms with Crippen molar-refractivity contribution in [3.8, 4) is 5.75 Å². The standard InChI is InChI=1S/C19H28N2O2/c1-2-23-18-6-3-15(4-7-18)5-8-19(22)21-11-9-16-13-20-14-17(16)10-12-21/h3-4,6-7,16-17,20H,2,5,8-14H2,1H3/t16-,17+. The van der Waals surface area contributed by atoms with Crippen molar-refractivity contribution >= 4 is 5.91 Å². The van der Waals surface area contributed by atoms with Gasteiger partial charge in [-0.2, -0.15) is 0 Å². The molecule has 2 aliphatic rings. The molecule has 0 radical (unpaired) electrons. The Bertz CT molecular complexity index is 501. The van der Waals surface area contributed by atoms with Gasteiger partial charge in [0.25, 0.3) is 0 Å². The maximum Gasteiger partial charge on any atom is 0.222 e. The summed E-state index contributed by atoms with van der Waals surface area (Å²) in [5, 5.41) is 3.48. The molecular formula is C19H28N2O2. The second-order valence-electron chi connectivity index (χ2n) is 6.71. The quantitative estimate of drug-likeness (QED) is 0.907. The summed E-state index contributed by atoms with van der Waals surface area (Å²) in [6, 6.07) is 8.11. The average Bonchev–Trinajstić information content (AvgIpc) is 2.93. The molecule has 4 heteroatoms. The number of fused-ring (bicyclic) bond motifs is 1. The van der Waals surface area contributed by atoms with Crippen LogP contribution in [0.5, 0.6) is 5.75 Å². The normalized spacial score (nSPS) is 24.1. The van der Waals surface area contributed by atoms with Gasteiger partial charge in [-0.3, -0.25) is 4.79 Å². The lowest BCUT2D eigenvalue weighted by molar-refractivity contribution is -0.131. The summed E-state index contributed by atoms with van der Waals surface area (Å²) in [5.74, 6) is 2.76. The molecule has 4 nitrogen and oxygen atoms in total. The van der Waals surface area contributed by atoms with Crippen molar-refractivity contribution in [1.82, 2.24) is 10.2 Å². The predicted octanol–water partition coefficient (Wildman–Crippen LogP) is 2.48. The fourth-order valence-corrected chi connectivity index (χ4v) is 3.80. The van der Waals surface area contributed by atoms with Crippen LogP contribution in [0.3, 0.4) is 0 Å². The minimum absolute atomic E-state index is 0.312. The number of benzene rings is 1. The Labute approximate surface area is 139 Å². The molecule has 1 N–H and O–H groups in total. The van der Waals surface area contributed by atoms with Gasteiger partial charge in [-0.1, -0.05) is 12.1 Å². The molecule has 0 spiro atoms. The number of hydrogen-bond donors (Lipinski definition) is 1. The summed E-state index contributed by atoms with van der Waals surface area (Å²) in [6.07, 6.45) is 3.75. The Hall–Kier alpha value is -1.55. The van der Waals surface area contributed by atoms with Gasteiger partial charge in [-0.15, -0.1) is 0 Å². The van der Waals surface area contributed by atoms with Crippen molar-refractivity contribution in [2.24, 2.45) is 11.8 Å². The lowest BCUT2D eigenvalue weighted by atomic mass is 9.92. The Balaban J connectivity index is 1.47. The molecule has 23 heavy (non-hydrogen) atoms. The molecule has 3 rings (SSSR count). The highest BCUT2D eigenvalue weighted by Crippen LogP contribution is 2.27. The molecule has 1 aromatic rings. The Kier molecular flexibility index (Phi) is 5.55. The molecule has 2 atom stereocenters. The Morgan fingerprint density at radius 1 is 1.17 bits per heavy atom. The van der Waals surface area contributed by atoms with Gasteiger partial charge in [0.1, 0.15) is 5.75 Å². The molecule has 0 unspecified atom stereocenters. The fraction of sp³-hybridized carbons (Fsp3) is 0.632. The largest absolute Gasteiger partial charge is 0.494 e. The van der Waals surface area contributed by atoms with Crippen LogP contribution in [0.25, 0.3) is 0 Å². The number of likely N-dealkylation sites (tertiary alicyclic amines) is 1. The lowest BCUT2D eigenvalue weighted by Gasteiger charge is -2.21. The van der Waals surface area contributed by atoms with Crippen molar-refractivity contribution in [2.75, 3.05) is 32.8 Å². The molecule has 0 saturated carbocycles. The first-order valence-electron chi connectivity index (χ1n) is 8.96. The molecule has 2 heterocycles. The molecular weight excluding hydrogens is 288 g/mol. The predicted molar refractivity (Wildman–Crippen MR) is 91.6 cm³/mol. The van der Waals surface area contributed by atoms with Crippen LogP contribution in [0.4, 0.5) is 0 Å². The average molecular weight is 316 g/mol. The van der Waals surface area contributed by atoms with E-state index in [0.717, 1.165) is 63.0 Å². The third-order valence-corrected chi connectivity index (χ3v) is 5.23. The van der Waals surface area contributed by atoms with Gasteiger partial charge in [-0.05, 0) is 68.8 Å². The van der Waals surface area contributed by atoms with E-state index in [-0.39, 0.29) is 0 Å². The third-order valence-electron chi connectivity index (χ3n) is 5.23. The highest BCUT2D eigenvalue weighted by atomic mass is 16.5. The number of nitrogens with one attached hydrogen (secondary N) is 1. The van der Waals surface area contributed by atoms with E-state index >= 15 is 0 Å². The zero-order valence-electron chi connectivity index (χ0n) is 14.1. The van der Waals surface area contributed by atoms with Crippen molar-refractivity contribution in [1.29, 1.82) is 0 Å². The van der Waals surface area contributed by atoms with Crippen LogP contribution in [0, 0.1) is 11.8 Å². The van der Waals surface area contributed by atoms with Crippen LogP contribution in [0.1, 0.15) is 31.7 Å². The number of hydrogen-bond acceptors (Lipinski definition) is 3. The van der Waals surface area contributed by atoms with E-state index in [4.69, 9.17) is 4.74 Å². The zero-order valence-corrected chi connectivity index (χ0v) is 14.1. The van der Waals surface area contributed by atoms with Gasteiger partial charge in [0.15, 0.2) is 0 Å². The van der Waals surface area contributed by atoms with Gasteiger partial charge in [0.2, 0.25) is 5.91 Å². The monoisotopic (exact) mass is 316 g/mol. The highest BCUT2D eigenvalue weighted by molar-refractivity contribution is 5.76. The molecule has 0 bridgehead atoms. The van der Waals surface area contributed by atoms with E-state index in [2.05, 4.69) is 22.3 Å². The Morgan fingerprint density at radius 2 is 1.83 bits per heavy atom. The molecule has 1 aromatic carbocycles. The van der Waals surface area contributed by atoms with Crippen molar-refractivity contribution in [2.45, 2.75) is 32.6 Å². The Morgan fingerprint density at radius 3 is 2.43 bits per heavy atom. The number of rotatable bonds is 5. The first-order chi connectivity index (χ1) is 11.3. The summed E-state index contributed by atoms with van der Waals surface area (Å²) in [6.45, 7) is 6.82. The van der Waals surface area contributed by atoms with Crippen molar-refractivity contribution in [3.05, 3.63) is 29.8 Å². The van der Waals surface area contributed by atoms with Crippen LogP contribution in [-0.2, 0) is 11.2 Å². The van der Waals surface area contributed by atoms with E-state index in [1.807, 2.05) is 19.1 Å². The second kappa shape index (κ2) is 7.82. The number of ether oxygens (including phenoxy) is 1. The molecule has 1 amide bonds. The van der Waals surface area contributed by atoms with Crippen molar-refractivity contribution < 1.29 is 9.53 Å². The summed E-state index contributed by atoms with van der Waals surface area (Å²) in [7, 11) is 0. The van der Waals surface area contributed by atoms with Crippen LogP contribution in [-0.4, -0.2) is 43.6 Å². The molecule has 0 aromatic heterocycles. The first-order valence-corrected chi connectivity index (χ1v) is 8.96. The maximum atomic E-state index is 12.5.